The minimum Gasteiger partial charge on any atom is -0.367 e. The molecule has 2 aliphatic rings. The first-order valence-electron chi connectivity index (χ1n) is 12.5. The van der Waals surface area contributed by atoms with Gasteiger partial charge in [0.25, 0.3) is 0 Å². The molecule has 4 atom stereocenters. The molecule has 2 saturated heterocycles. The normalized spacial score (nSPS) is 22.4. The fourth-order valence-corrected chi connectivity index (χ4v) is 5.59. The molecule has 5 rings (SSSR count). The number of fused-ring (bicyclic) bond motifs is 3. The Morgan fingerprint density at radius 2 is 2.09 bits per heavy atom. The molecule has 0 aromatic carbocycles. The van der Waals surface area contributed by atoms with E-state index in [4.69, 9.17) is 10.2 Å². The molecule has 0 saturated carbocycles. The lowest BCUT2D eigenvalue weighted by Crippen LogP contribution is -2.57. The van der Waals surface area contributed by atoms with E-state index < -0.39 is 0 Å². The predicted molar refractivity (Wildman–Crippen MR) is 135 cm³/mol. The van der Waals surface area contributed by atoms with Gasteiger partial charge in [0.2, 0.25) is 5.91 Å². The van der Waals surface area contributed by atoms with Crippen LogP contribution in [-0.2, 0) is 4.79 Å². The highest BCUT2D eigenvalue weighted by molar-refractivity contribution is 5.91. The van der Waals surface area contributed by atoms with Crippen molar-refractivity contribution in [3.05, 3.63) is 36.2 Å². The molecule has 0 radical (unpaired) electrons. The van der Waals surface area contributed by atoms with E-state index in [2.05, 4.69) is 36.8 Å². The summed E-state index contributed by atoms with van der Waals surface area (Å²) in [6.45, 7) is 3.94. The molecule has 0 aliphatic carbocycles. The number of anilines is 3. The van der Waals surface area contributed by atoms with E-state index in [1.54, 1.807) is 6.20 Å². The molecule has 1 amide bonds. The number of rotatable bonds is 7. The summed E-state index contributed by atoms with van der Waals surface area (Å²) in [5, 5.41) is 24.1. The van der Waals surface area contributed by atoms with Crippen molar-refractivity contribution in [3.8, 4) is 6.07 Å². The molecule has 2 aliphatic heterocycles. The number of H-pyrrole nitrogens is 1. The van der Waals surface area contributed by atoms with Crippen LogP contribution in [0.5, 0.6) is 0 Å². The minimum atomic E-state index is 0.0979. The summed E-state index contributed by atoms with van der Waals surface area (Å²) in [6.07, 6.45) is 7.68. The van der Waals surface area contributed by atoms with Gasteiger partial charge in [0.15, 0.2) is 5.82 Å². The van der Waals surface area contributed by atoms with Gasteiger partial charge in [-0.05, 0) is 57.1 Å². The number of hydrogen-bond acceptors (Lipinski definition) is 7. The zero-order valence-electron chi connectivity index (χ0n) is 20.3. The second kappa shape index (κ2) is 9.90. The third-order valence-corrected chi connectivity index (χ3v) is 7.13. The van der Waals surface area contributed by atoms with Crippen LogP contribution in [0, 0.1) is 24.2 Å². The van der Waals surface area contributed by atoms with Crippen LogP contribution >= 0.6 is 0 Å². The van der Waals surface area contributed by atoms with Gasteiger partial charge < -0.3 is 15.5 Å². The molecule has 35 heavy (non-hydrogen) atoms. The smallest absolute Gasteiger partial charge is 0.223 e. The summed E-state index contributed by atoms with van der Waals surface area (Å²) in [7, 11) is 0. The quantitative estimate of drug-likeness (QED) is 0.457. The third-order valence-electron chi connectivity index (χ3n) is 7.13. The van der Waals surface area contributed by atoms with Crippen LogP contribution in [0.2, 0.25) is 0 Å². The number of nitriles is 1. The maximum absolute atomic E-state index is 13.1. The summed E-state index contributed by atoms with van der Waals surface area (Å²) in [5.74, 6) is 2.50. The first kappa shape index (κ1) is 23.1. The van der Waals surface area contributed by atoms with Gasteiger partial charge in [-0.25, -0.2) is 4.98 Å². The van der Waals surface area contributed by atoms with Gasteiger partial charge >= 0.3 is 0 Å². The van der Waals surface area contributed by atoms with Crippen molar-refractivity contribution in [2.24, 2.45) is 5.92 Å². The molecule has 2 unspecified atom stereocenters. The number of aryl methyl sites for hydroxylation is 1. The largest absolute Gasteiger partial charge is 0.367 e. The first-order valence-corrected chi connectivity index (χ1v) is 12.5. The number of aromatic amines is 1. The monoisotopic (exact) mass is 472 g/mol. The van der Waals surface area contributed by atoms with E-state index in [9.17, 15) is 4.79 Å². The van der Waals surface area contributed by atoms with Crippen LogP contribution in [0.15, 0.2) is 30.5 Å². The van der Waals surface area contributed by atoms with Crippen LogP contribution < -0.4 is 10.6 Å². The van der Waals surface area contributed by atoms with Gasteiger partial charge in [-0.1, -0.05) is 6.92 Å². The maximum atomic E-state index is 13.1. The third kappa shape index (κ3) is 5.06. The number of nitrogens with zero attached hydrogens (tertiary/aromatic N) is 5. The first-order chi connectivity index (χ1) is 17.0. The van der Waals surface area contributed by atoms with E-state index in [0.29, 0.717) is 24.5 Å². The average Bonchev–Trinajstić information content (AvgIpc) is 3.23. The van der Waals surface area contributed by atoms with E-state index in [1.807, 2.05) is 38.1 Å². The minimum absolute atomic E-state index is 0.0979. The molecule has 5 heterocycles. The van der Waals surface area contributed by atoms with E-state index in [1.165, 1.54) is 0 Å². The second-order valence-corrected chi connectivity index (χ2v) is 10.0. The van der Waals surface area contributed by atoms with E-state index >= 15 is 0 Å². The van der Waals surface area contributed by atoms with Crippen LogP contribution in [0.4, 0.5) is 17.5 Å². The van der Waals surface area contributed by atoms with E-state index in [0.717, 1.165) is 54.5 Å². The van der Waals surface area contributed by atoms with E-state index in [-0.39, 0.29) is 30.0 Å². The second-order valence-electron chi connectivity index (χ2n) is 10.0. The van der Waals surface area contributed by atoms with Crippen LogP contribution in [0.25, 0.3) is 10.9 Å². The number of carbonyl (C=O) groups excluding carboxylic acids is 1. The molecule has 2 fully saturated rings. The lowest BCUT2D eigenvalue weighted by molar-refractivity contribution is -0.141. The Kier molecular flexibility index (Phi) is 6.53. The number of carbonyl (C=O) groups is 1. The van der Waals surface area contributed by atoms with Gasteiger partial charge in [0.05, 0.1) is 11.6 Å². The number of pyridine rings is 2. The van der Waals surface area contributed by atoms with Crippen molar-refractivity contribution in [2.45, 2.75) is 76.9 Å². The molecule has 182 valence electrons. The van der Waals surface area contributed by atoms with Crippen molar-refractivity contribution in [2.75, 3.05) is 10.6 Å². The lowest BCUT2D eigenvalue weighted by Gasteiger charge is -2.49. The fourth-order valence-electron chi connectivity index (χ4n) is 5.59. The molecule has 2 bridgehead atoms. The molecule has 9 nitrogen and oxygen atoms in total. The van der Waals surface area contributed by atoms with Crippen molar-refractivity contribution < 1.29 is 4.79 Å². The lowest BCUT2D eigenvalue weighted by atomic mass is 9.81. The number of aromatic nitrogens is 4. The van der Waals surface area contributed by atoms with Crippen molar-refractivity contribution in [3.63, 3.8) is 0 Å². The Morgan fingerprint density at radius 3 is 2.80 bits per heavy atom. The number of amides is 1. The highest BCUT2D eigenvalue weighted by Crippen LogP contribution is 2.37. The SMILES string of the molecule is Cc1cc(Nc2cc3ncccc3c(NC3C[C@H]4CCC[C@@H](C3)N4C(=O)CC(C)CC#N)n2)n[nH]1. The molecular formula is C26H32N8O. The molecule has 3 aromatic rings. The van der Waals surface area contributed by atoms with Crippen molar-refractivity contribution in [1.82, 2.24) is 25.1 Å². The van der Waals surface area contributed by atoms with Gasteiger partial charge in [-0.15, -0.1) is 0 Å². The van der Waals surface area contributed by atoms with Crippen LogP contribution in [0.3, 0.4) is 0 Å². The van der Waals surface area contributed by atoms with Gasteiger partial charge in [-0.3, -0.25) is 14.9 Å². The van der Waals surface area contributed by atoms with Gasteiger partial charge in [0, 0.05) is 60.4 Å². The van der Waals surface area contributed by atoms with Crippen LogP contribution in [0.1, 0.15) is 57.6 Å². The predicted octanol–water partition coefficient (Wildman–Crippen LogP) is 4.67. The Balaban J connectivity index is 1.35. The summed E-state index contributed by atoms with van der Waals surface area (Å²) in [5.41, 5.74) is 1.83. The molecule has 3 aromatic heterocycles. The standard InChI is InChI=1S/C26H32N8O/c1-16(8-9-27)11-25(35)34-19-5-3-6-20(34)14-18(13-19)29-26-21-7-4-10-28-22(21)15-23(31-26)30-24-12-17(2)32-33-24/h4,7,10,12,15-16,18-20H,3,5-6,8,11,13-14H2,1-2H3,(H3,29,30,31,32,33)/t16?,18?,19-,20+. The number of piperidine rings is 2. The van der Waals surface area contributed by atoms with Gasteiger partial charge in [-0.2, -0.15) is 10.4 Å². The zero-order chi connectivity index (χ0) is 24.4. The number of nitrogens with one attached hydrogen (secondary N) is 3. The summed E-state index contributed by atoms with van der Waals surface area (Å²) >= 11 is 0. The summed E-state index contributed by atoms with van der Waals surface area (Å²) in [4.78, 5) is 24.7. The van der Waals surface area contributed by atoms with Gasteiger partial charge in [0.1, 0.15) is 11.6 Å². The topological polar surface area (TPSA) is 123 Å². The molecule has 9 heteroatoms. The van der Waals surface area contributed by atoms with Crippen molar-refractivity contribution in [1.29, 1.82) is 5.26 Å². The Labute approximate surface area is 205 Å². The zero-order valence-corrected chi connectivity index (χ0v) is 20.3. The Hall–Kier alpha value is -3.67. The molecular weight excluding hydrogens is 440 g/mol. The average molecular weight is 473 g/mol. The fraction of sp³-hybridized carbons (Fsp3) is 0.500. The highest BCUT2D eigenvalue weighted by Gasteiger charge is 2.41. The molecule has 3 N–H and O–H groups in total. The Morgan fingerprint density at radius 1 is 1.29 bits per heavy atom. The number of hydrogen-bond donors (Lipinski definition) is 3. The van der Waals surface area contributed by atoms with Crippen molar-refractivity contribution >= 4 is 34.3 Å². The summed E-state index contributed by atoms with van der Waals surface area (Å²) in [6, 6.07) is 10.7. The summed E-state index contributed by atoms with van der Waals surface area (Å²) < 4.78 is 0. The Bertz CT molecular complexity index is 1230. The maximum Gasteiger partial charge on any atom is 0.223 e. The highest BCUT2D eigenvalue weighted by atomic mass is 16.2. The molecule has 0 spiro atoms. The van der Waals surface area contributed by atoms with Crippen LogP contribution in [-0.4, -0.2) is 49.1 Å².